The minimum absolute atomic E-state index is 1.21. The third kappa shape index (κ3) is 5.62. The summed E-state index contributed by atoms with van der Waals surface area (Å²) in [5.41, 5.74) is 16.2. The fourth-order valence-electron chi connectivity index (χ4n) is 7.72. The van der Waals surface area contributed by atoms with Crippen LogP contribution in [-0.2, 0) is 0 Å². The molecule has 51 heavy (non-hydrogen) atoms. The molecule has 0 aliphatic heterocycles. The minimum atomic E-state index is 1.21. The Bertz CT molecular complexity index is 2600. The molecular weight excluding hydrogens is 613 g/mol. The lowest BCUT2D eigenvalue weighted by molar-refractivity contribution is 1.47. The highest BCUT2D eigenvalue weighted by Crippen LogP contribution is 2.46. The van der Waals surface area contributed by atoms with Crippen LogP contribution in [0.1, 0.15) is 5.56 Å². The maximum atomic E-state index is 2.34. The van der Waals surface area contributed by atoms with Gasteiger partial charge in [0.05, 0.1) is 0 Å². The lowest BCUT2D eigenvalue weighted by atomic mass is 9.83. The second-order valence-corrected chi connectivity index (χ2v) is 13.3. The lowest BCUT2D eigenvalue weighted by Crippen LogP contribution is -1.93. The molecule has 0 bridgehead atoms. The Morgan fingerprint density at radius 3 is 1.12 bits per heavy atom. The van der Waals surface area contributed by atoms with Gasteiger partial charge >= 0.3 is 0 Å². The minimum Gasteiger partial charge on any atom is -0.0622 e. The molecule has 0 N–H and O–H groups in total. The van der Waals surface area contributed by atoms with Crippen LogP contribution in [0.5, 0.6) is 0 Å². The van der Waals surface area contributed by atoms with Crippen LogP contribution < -0.4 is 0 Å². The number of hydrogen-bond donors (Lipinski definition) is 0. The van der Waals surface area contributed by atoms with Crippen LogP contribution in [0.25, 0.3) is 88.3 Å². The molecule has 0 fully saturated rings. The Morgan fingerprint density at radius 2 is 0.588 bits per heavy atom. The smallest absolute Gasteiger partial charge is 0.00201 e. The van der Waals surface area contributed by atoms with Gasteiger partial charge in [0.25, 0.3) is 0 Å². The molecule has 0 amide bonds. The first kappa shape index (κ1) is 30.6. The monoisotopic (exact) mass is 648 g/mol. The second kappa shape index (κ2) is 13.1. The topological polar surface area (TPSA) is 0 Å². The number of fused-ring (bicyclic) bond motifs is 2. The molecule has 0 aliphatic carbocycles. The summed E-state index contributed by atoms with van der Waals surface area (Å²) in [5.74, 6) is 0. The first-order valence-corrected chi connectivity index (χ1v) is 17.7. The van der Waals surface area contributed by atoms with E-state index in [1.807, 2.05) is 0 Å². The first-order chi connectivity index (χ1) is 25.2. The Labute approximate surface area is 300 Å². The van der Waals surface area contributed by atoms with Gasteiger partial charge in [-0.2, -0.15) is 0 Å². The molecule has 0 saturated heterocycles. The van der Waals surface area contributed by atoms with E-state index >= 15 is 0 Å². The molecule has 0 radical (unpaired) electrons. The Kier molecular flexibility index (Phi) is 7.84. The summed E-state index contributed by atoms with van der Waals surface area (Å²) in [6, 6.07) is 72.9. The maximum Gasteiger partial charge on any atom is -0.00201 e. The summed E-state index contributed by atoms with van der Waals surface area (Å²) >= 11 is 0. The first-order valence-electron chi connectivity index (χ1n) is 17.7. The van der Waals surface area contributed by atoms with Gasteiger partial charge < -0.3 is 0 Å². The van der Waals surface area contributed by atoms with Gasteiger partial charge in [-0.25, -0.2) is 0 Å². The van der Waals surface area contributed by atoms with Gasteiger partial charge in [0.15, 0.2) is 0 Å². The van der Waals surface area contributed by atoms with Crippen LogP contribution in [0.2, 0.25) is 0 Å². The maximum absolute atomic E-state index is 2.34. The summed E-state index contributed by atoms with van der Waals surface area (Å²) in [6.07, 6.45) is 0. The Hall–Kier alpha value is -6.50. The van der Waals surface area contributed by atoms with Crippen LogP contribution in [-0.4, -0.2) is 0 Å². The fraction of sp³-hybridized carbons (Fsp3) is 0.0196. The summed E-state index contributed by atoms with van der Waals surface area (Å²) in [6.45, 7) is 2.21. The van der Waals surface area contributed by atoms with Crippen molar-refractivity contribution in [3.05, 3.63) is 206 Å². The molecule has 0 unspecified atom stereocenters. The molecule has 0 heterocycles. The van der Waals surface area contributed by atoms with Crippen LogP contribution in [0, 0.1) is 6.92 Å². The van der Waals surface area contributed by atoms with E-state index in [4.69, 9.17) is 0 Å². The van der Waals surface area contributed by atoms with Crippen molar-refractivity contribution >= 4 is 21.5 Å². The summed E-state index contributed by atoms with van der Waals surface area (Å²) in [4.78, 5) is 0. The molecule has 9 aromatic carbocycles. The third-order valence-electron chi connectivity index (χ3n) is 10.3. The third-order valence-corrected chi connectivity index (χ3v) is 10.3. The van der Waals surface area contributed by atoms with Gasteiger partial charge in [0.2, 0.25) is 0 Å². The van der Waals surface area contributed by atoms with Crippen molar-refractivity contribution in [2.45, 2.75) is 6.92 Å². The zero-order valence-corrected chi connectivity index (χ0v) is 28.6. The van der Waals surface area contributed by atoms with E-state index in [1.165, 1.54) is 93.9 Å². The Morgan fingerprint density at radius 1 is 0.235 bits per heavy atom. The SMILES string of the molecule is Cc1ccccc1-c1c2ccccc2c(-c2ccccc2-c2cccc(-c3ccc(-c4ccc(-c5ccccc5)cc4)cc3)c2)c2ccccc12. The number of rotatable bonds is 6. The molecule has 0 aliphatic rings. The standard InChI is InChI=1S/C51H36/c1-35-14-5-6-19-43(35)50-46-22-9-11-24-48(46)51(49-25-12-10-23-47(49)50)45-21-8-7-20-44(45)42-18-13-17-41(34-42)40-32-30-39(31-33-40)38-28-26-37(27-29-38)36-15-3-2-4-16-36/h2-34H,1H3. The largest absolute Gasteiger partial charge is 0.0622 e. The number of hydrogen-bond acceptors (Lipinski definition) is 0. The van der Waals surface area contributed by atoms with Crippen molar-refractivity contribution in [1.82, 2.24) is 0 Å². The quantitative estimate of drug-likeness (QED) is 0.157. The summed E-state index contributed by atoms with van der Waals surface area (Å²) < 4.78 is 0. The van der Waals surface area contributed by atoms with Crippen molar-refractivity contribution < 1.29 is 0 Å². The van der Waals surface area contributed by atoms with Gasteiger partial charge in [-0.1, -0.05) is 194 Å². The van der Waals surface area contributed by atoms with E-state index in [1.54, 1.807) is 0 Å². The zero-order chi connectivity index (χ0) is 34.1. The van der Waals surface area contributed by atoms with E-state index < -0.39 is 0 Å². The normalized spacial score (nSPS) is 11.2. The van der Waals surface area contributed by atoms with E-state index in [2.05, 4.69) is 207 Å². The molecule has 0 saturated carbocycles. The predicted octanol–water partition coefficient (Wildman–Crippen LogP) is 14.3. The lowest BCUT2D eigenvalue weighted by Gasteiger charge is -2.20. The molecule has 9 rings (SSSR count). The van der Waals surface area contributed by atoms with Gasteiger partial charge in [-0.05, 0) is 107 Å². The summed E-state index contributed by atoms with van der Waals surface area (Å²) in [5, 5.41) is 5.09. The molecule has 0 spiro atoms. The van der Waals surface area contributed by atoms with Crippen molar-refractivity contribution in [1.29, 1.82) is 0 Å². The number of benzene rings is 9. The van der Waals surface area contributed by atoms with Crippen molar-refractivity contribution in [3.63, 3.8) is 0 Å². The van der Waals surface area contributed by atoms with Crippen molar-refractivity contribution in [3.8, 4) is 66.8 Å². The van der Waals surface area contributed by atoms with E-state index in [-0.39, 0.29) is 0 Å². The average Bonchev–Trinajstić information content (AvgIpc) is 3.21. The van der Waals surface area contributed by atoms with Crippen molar-refractivity contribution in [2.24, 2.45) is 0 Å². The van der Waals surface area contributed by atoms with Crippen LogP contribution in [0.4, 0.5) is 0 Å². The second-order valence-electron chi connectivity index (χ2n) is 13.3. The molecule has 0 atom stereocenters. The molecule has 9 aromatic rings. The van der Waals surface area contributed by atoms with Gasteiger partial charge in [-0.15, -0.1) is 0 Å². The molecule has 0 nitrogen and oxygen atoms in total. The Balaban J connectivity index is 1.12. The van der Waals surface area contributed by atoms with E-state index in [0.717, 1.165) is 0 Å². The summed E-state index contributed by atoms with van der Waals surface area (Å²) in [7, 11) is 0. The fourth-order valence-corrected chi connectivity index (χ4v) is 7.72. The highest BCUT2D eigenvalue weighted by atomic mass is 14.2. The molecule has 0 aromatic heterocycles. The molecular formula is C51H36. The predicted molar refractivity (Wildman–Crippen MR) is 219 cm³/mol. The highest BCUT2D eigenvalue weighted by molar-refractivity contribution is 6.22. The van der Waals surface area contributed by atoms with Crippen LogP contribution >= 0.6 is 0 Å². The number of aryl methyl sites for hydroxylation is 1. The molecule has 240 valence electrons. The van der Waals surface area contributed by atoms with Crippen molar-refractivity contribution in [2.75, 3.05) is 0 Å². The van der Waals surface area contributed by atoms with E-state index in [9.17, 15) is 0 Å². The highest BCUT2D eigenvalue weighted by Gasteiger charge is 2.19. The zero-order valence-electron chi connectivity index (χ0n) is 28.6. The van der Waals surface area contributed by atoms with E-state index in [0.29, 0.717) is 0 Å². The molecule has 0 heteroatoms. The van der Waals surface area contributed by atoms with Gasteiger partial charge in [-0.3, -0.25) is 0 Å². The van der Waals surface area contributed by atoms with Gasteiger partial charge in [0, 0.05) is 0 Å². The average molecular weight is 649 g/mol. The van der Waals surface area contributed by atoms with Gasteiger partial charge in [0.1, 0.15) is 0 Å². The van der Waals surface area contributed by atoms with Crippen LogP contribution in [0.15, 0.2) is 200 Å². The van der Waals surface area contributed by atoms with Crippen LogP contribution in [0.3, 0.4) is 0 Å².